The fourth-order valence-electron chi connectivity index (χ4n) is 1.91. The Morgan fingerprint density at radius 1 is 1.33 bits per heavy atom. The molecule has 0 aliphatic carbocycles. The van der Waals surface area contributed by atoms with Gasteiger partial charge in [-0.05, 0) is 31.2 Å². The molecule has 0 aromatic carbocycles. The number of esters is 1. The van der Waals surface area contributed by atoms with Crippen LogP contribution in [0.4, 0.5) is 0 Å². The molecule has 3 aromatic rings. The van der Waals surface area contributed by atoms with Crippen molar-refractivity contribution < 1.29 is 13.9 Å². The van der Waals surface area contributed by atoms with Crippen LogP contribution in [0.25, 0.3) is 17.3 Å². The molecule has 0 atom stereocenters. The van der Waals surface area contributed by atoms with E-state index >= 15 is 0 Å². The summed E-state index contributed by atoms with van der Waals surface area (Å²) in [6.45, 7) is 1.84. The monoisotopic (exact) mass is 284 g/mol. The number of nitrogens with zero attached hydrogens (tertiary/aromatic N) is 4. The summed E-state index contributed by atoms with van der Waals surface area (Å²) < 4.78 is 11.8. The van der Waals surface area contributed by atoms with Gasteiger partial charge < -0.3 is 9.15 Å². The van der Waals surface area contributed by atoms with Gasteiger partial charge in [-0.2, -0.15) is 10.2 Å². The molecule has 0 bridgehead atoms. The summed E-state index contributed by atoms with van der Waals surface area (Å²) in [5.74, 6) is 1.30. The lowest BCUT2D eigenvalue weighted by Gasteiger charge is -2.02. The quantitative estimate of drug-likeness (QED) is 0.684. The highest BCUT2D eigenvalue weighted by Crippen LogP contribution is 2.25. The maximum atomic E-state index is 11.7. The van der Waals surface area contributed by atoms with Gasteiger partial charge in [-0.3, -0.25) is 0 Å². The second-order valence-electron chi connectivity index (χ2n) is 4.31. The predicted molar refractivity (Wildman–Crippen MR) is 72.9 cm³/mol. The van der Waals surface area contributed by atoms with Crippen molar-refractivity contribution in [3.63, 3.8) is 0 Å². The summed E-state index contributed by atoms with van der Waals surface area (Å²) in [6, 6.07) is 8.71. The van der Waals surface area contributed by atoms with Gasteiger partial charge >= 0.3 is 5.97 Å². The van der Waals surface area contributed by atoms with Gasteiger partial charge in [0, 0.05) is 12.3 Å². The molecule has 3 heterocycles. The molecule has 0 aliphatic heterocycles. The van der Waals surface area contributed by atoms with Crippen LogP contribution in [-0.4, -0.2) is 33.1 Å². The fourth-order valence-corrected chi connectivity index (χ4v) is 1.91. The Kier molecular flexibility index (Phi) is 3.23. The molecular weight excluding hydrogens is 272 g/mol. The van der Waals surface area contributed by atoms with Crippen molar-refractivity contribution in [2.75, 3.05) is 7.11 Å². The van der Waals surface area contributed by atoms with Crippen LogP contribution in [-0.2, 0) is 4.74 Å². The van der Waals surface area contributed by atoms with Crippen LogP contribution in [0.15, 0.2) is 40.9 Å². The average molecular weight is 284 g/mol. The molecule has 0 saturated heterocycles. The molecule has 0 radical (unpaired) electrons. The van der Waals surface area contributed by atoms with Crippen molar-refractivity contribution in [1.29, 1.82) is 0 Å². The van der Waals surface area contributed by atoms with Crippen LogP contribution in [0.3, 0.4) is 0 Å². The van der Waals surface area contributed by atoms with Gasteiger partial charge in [-0.15, -0.1) is 5.10 Å². The molecule has 0 N–H and O–H groups in total. The second kappa shape index (κ2) is 5.20. The lowest BCUT2D eigenvalue weighted by Crippen LogP contribution is -2.06. The smallest absolute Gasteiger partial charge is 0.358 e. The number of hydrogen-bond acceptors (Lipinski definition) is 6. The van der Waals surface area contributed by atoms with Gasteiger partial charge in [0.25, 0.3) is 0 Å². The van der Waals surface area contributed by atoms with Crippen LogP contribution in [0.2, 0.25) is 0 Å². The maximum Gasteiger partial charge on any atom is 0.358 e. The van der Waals surface area contributed by atoms with E-state index in [1.807, 2.05) is 13.0 Å². The minimum Gasteiger partial charge on any atom is -0.464 e. The zero-order valence-electron chi connectivity index (χ0n) is 11.5. The van der Waals surface area contributed by atoms with Crippen LogP contribution in [0.1, 0.15) is 16.2 Å². The third-order valence-electron chi connectivity index (χ3n) is 2.87. The first-order chi connectivity index (χ1) is 10.2. The maximum absolute atomic E-state index is 11.7. The molecule has 0 aliphatic rings. The van der Waals surface area contributed by atoms with Gasteiger partial charge in [-0.1, -0.05) is 0 Å². The van der Waals surface area contributed by atoms with Crippen molar-refractivity contribution in [2.24, 2.45) is 0 Å². The van der Waals surface area contributed by atoms with Crippen molar-refractivity contribution >= 4 is 5.97 Å². The van der Waals surface area contributed by atoms with Gasteiger partial charge in [0.05, 0.1) is 7.11 Å². The first-order valence-electron chi connectivity index (χ1n) is 6.22. The van der Waals surface area contributed by atoms with Crippen molar-refractivity contribution in [1.82, 2.24) is 20.0 Å². The molecule has 7 heteroatoms. The van der Waals surface area contributed by atoms with E-state index < -0.39 is 5.97 Å². The Bertz CT molecular complexity index is 777. The molecular formula is C14H12N4O3. The van der Waals surface area contributed by atoms with Crippen LogP contribution >= 0.6 is 0 Å². The third kappa shape index (κ3) is 2.40. The van der Waals surface area contributed by atoms with Crippen molar-refractivity contribution in [3.8, 4) is 17.3 Å². The largest absolute Gasteiger partial charge is 0.464 e. The highest BCUT2D eigenvalue weighted by Gasteiger charge is 2.19. The van der Waals surface area contributed by atoms with Gasteiger partial charge in [0.2, 0.25) is 0 Å². The minimum absolute atomic E-state index is 0.173. The number of rotatable bonds is 3. The highest BCUT2D eigenvalue weighted by molar-refractivity contribution is 5.88. The molecule has 0 saturated carbocycles. The van der Waals surface area contributed by atoms with Gasteiger partial charge in [0.15, 0.2) is 17.3 Å². The van der Waals surface area contributed by atoms with E-state index in [9.17, 15) is 4.79 Å². The first-order valence-corrected chi connectivity index (χ1v) is 6.22. The number of carbonyl (C=O) groups is 1. The molecule has 3 rings (SSSR count). The zero-order valence-corrected chi connectivity index (χ0v) is 11.5. The third-order valence-corrected chi connectivity index (χ3v) is 2.87. The van der Waals surface area contributed by atoms with Crippen LogP contribution in [0.5, 0.6) is 0 Å². The molecule has 106 valence electrons. The van der Waals surface area contributed by atoms with Gasteiger partial charge in [0.1, 0.15) is 11.5 Å². The fraction of sp³-hybridized carbons (Fsp3) is 0.143. The standard InChI is InChI=1S/C14H12N4O3/c1-9-5-6-12(21-9)11-8-10(14(19)20-2)17-18(11)13-4-3-7-15-16-13/h3-8H,1-2H3. The Morgan fingerprint density at radius 2 is 2.19 bits per heavy atom. The number of carbonyl (C=O) groups excluding carboxylic acids is 1. The second-order valence-corrected chi connectivity index (χ2v) is 4.31. The molecule has 0 unspecified atom stereocenters. The normalized spacial score (nSPS) is 10.6. The highest BCUT2D eigenvalue weighted by atomic mass is 16.5. The SMILES string of the molecule is COC(=O)c1cc(-c2ccc(C)o2)n(-c2cccnn2)n1. The topological polar surface area (TPSA) is 83.0 Å². The number of methoxy groups -OCH3 is 1. The summed E-state index contributed by atoms with van der Waals surface area (Å²) in [7, 11) is 1.31. The lowest BCUT2D eigenvalue weighted by atomic mass is 10.3. The number of ether oxygens (including phenoxy) is 1. The molecule has 3 aromatic heterocycles. The van der Waals surface area contributed by atoms with Crippen LogP contribution < -0.4 is 0 Å². The lowest BCUT2D eigenvalue weighted by molar-refractivity contribution is 0.0593. The Balaban J connectivity index is 2.17. The average Bonchev–Trinajstić information content (AvgIpc) is 3.13. The summed E-state index contributed by atoms with van der Waals surface area (Å²) in [5.41, 5.74) is 0.774. The summed E-state index contributed by atoms with van der Waals surface area (Å²) in [4.78, 5) is 11.7. The zero-order chi connectivity index (χ0) is 14.8. The number of aromatic nitrogens is 4. The Morgan fingerprint density at radius 3 is 2.81 bits per heavy atom. The van der Waals surface area contributed by atoms with E-state index in [0.29, 0.717) is 17.3 Å². The van der Waals surface area contributed by atoms with E-state index in [1.165, 1.54) is 11.8 Å². The first kappa shape index (κ1) is 13.0. The summed E-state index contributed by atoms with van der Waals surface area (Å²) in [5, 5.41) is 12.0. The number of hydrogen-bond donors (Lipinski definition) is 0. The molecule has 21 heavy (non-hydrogen) atoms. The summed E-state index contributed by atoms with van der Waals surface area (Å²) in [6.07, 6.45) is 1.56. The molecule has 0 amide bonds. The van der Waals surface area contributed by atoms with Crippen molar-refractivity contribution in [3.05, 3.63) is 48.0 Å². The summed E-state index contributed by atoms with van der Waals surface area (Å²) >= 11 is 0. The van der Waals surface area contributed by atoms with E-state index in [1.54, 1.807) is 30.5 Å². The van der Waals surface area contributed by atoms with E-state index in [2.05, 4.69) is 15.3 Å². The van der Waals surface area contributed by atoms with E-state index in [4.69, 9.17) is 9.15 Å². The van der Waals surface area contributed by atoms with Gasteiger partial charge in [-0.25, -0.2) is 9.48 Å². The minimum atomic E-state index is -0.526. The molecule has 0 spiro atoms. The van der Waals surface area contributed by atoms with E-state index in [0.717, 1.165) is 5.76 Å². The number of aryl methyl sites for hydroxylation is 1. The van der Waals surface area contributed by atoms with Crippen LogP contribution in [0, 0.1) is 6.92 Å². The van der Waals surface area contributed by atoms with Crippen molar-refractivity contribution in [2.45, 2.75) is 6.92 Å². The predicted octanol–water partition coefficient (Wildman–Crippen LogP) is 2.02. The Hall–Kier alpha value is -2.96. The Labute approximate surface area is 120 Å². The molecule has 0 fully saturated rings. The molecule has 7 nitrogen and oxygen atoms in total. The van der Waals surface area contributed by atoms with E-state index in [-0.39, 0.29) is 5.69 Å². The number of furan rings is 1.